The Morgan fingerprint density at radius 2 is 2.05 bits per heavy atom. The maximum absolute atomic E-state index is 11.7. The molecular formula is C17H23N3O2. The lowest BCUT2D eigenvalue weighted by atomic mass is 9.77. The second-order valence-electron chi connectivity index (χ2n) is 6.57. The fourth-order valence-electron chi connectivity index (χ4n) is 3.27. The van der Waals surface area contributed by atoms with Gasteiger partial charge in [-0.2, -0.15) is 4.98 Å². The number of pyridine rings is 1. The van der Waals surface area contributed by atoms with Gasteiger partial charge >= 0.3 is 0 Å². The van der Waals surface area contributed by atoms with Crippen LogP contribution in [0.4, 0.5) is 0 Å². The second kappa shape index (κ2) is 6.46. The maximum Gasteiger partial charge on any atom is 0.250 e. The number of aromatic nitrogens is 3. The quantitative estimate of drug-likeness (QED) is 0.870. The van der Waals surface area contributed by atoms with Crippen LogP contribution >= 0.6 is 0 Å². The van der Waals surface area contributed by atoms with Gasteiger partial charge in [-0.1, -0.05) is 25.1 Å². The normalized spacial score (nSPS) is 22.1. The van der Waals surface area contributed by atoms with Gasteiger partial charge in [0.15, 0.2) is 5.82 Å². The molecule has 1 aliphatic rings. The summed E-state index contributed by atoms with van der Waals surface area (Å²) in [5.74, 6) is 3.27. The minimum atomic E-state index is -0.0497. The van der Waals surface area contributed by atoms with Crippen molar-refractivity contribution in [1.82, 2.24) is 14.7 Å². The van der Waals surface area contributed by atoms with E-state index in [4.69, 9.17) is 4.52 Å². The predicted molar refractivity (Wildman–Crippen MR) is 83.6 cm³/mol. The van der Waals surface area contributed by atoms with E-state index in [9.17, 15) is 4.79 Å². The van der Waals surface area contributed by atoms with Crippen molar-refractivity contribution in [3.05, 3.63) is 46.5 Å². The summed E-state index contributed by atoms with van der Waals surface area (Å²) in [6, 6.07) is 5.09. The minimum Gasteiger partial charge on any atom is -0.339 e. The van der Waals surface area contributed by atoms with Crippen molar-refractivity contribution in [2.24, 2.45) is 11.8 Å². The van der Waals surface area contributed by atoms with Crippen LogP contribution in [0.3, 0.4) is 0 Å². The Kier molecular flexibility index (Phi) is 4.41. The Balaban J connectivity index is 1.65. The topological polar surface area (TPSA) is 60.9 Å². The van der Waals surface area contributed by atoms with E-state index < -0.39 is 0 Å². The summed E-state index contributed by atoms with van der Waals surface area (Å²) in [4.78, 5) is 16.2. The standard InChI is InChI=1S/C17H23N3O2/c1-12(2)13-6-8-14(9-7-13)17-18-15(19-22-17)11-20-10-4-3-5-16(20)21/h3-5,10,12-14H,6-9,11H2,1-2H3. The molecule has 2 aromatic heterocycles. The fraction of sp³-hybridized carbons (Fsp3) is 0.588. The molecule has 0 saturated heterocycles. The van der Waals surface area contributed by atoms with E-state index in [0.29, 0.717) is 18.3 Å². The highest BCUT2D eigenvalue weighted by atomic mass is 16.5. The summed E-state index contributed by atoms with van der Waals surface area (Å²) in [5.41, 5.74) is -0.0497. The van der Waals surface area contributed by atoms with Crippen molar-refractivity contribution < 1.29 is 4.52 Å². The lowest BCUT2D eigenvalue weighted by molar-refractivity contribution is 0.231. The summed E-state index contributed by atoms with van der Waals surface area (Å²) in [6.45, 7) is 4.96. The van der Waals surface area contributed by atoms with Crippen LogP contribution in [0.1, 0.15) is 57.2 Å². The van der Waals surface area contributed by atoms with Gasteiger partial charge in [-0.25, -0.2) is 0 Å². The molecule has 5 heteroatoms. The maximum atomic E-state index is 11.7. The highest BCUT2D eigenvalue weighted by Crippen LogP contribution is 2.37. The summed E-state index contributed by atoms with van der Waals surface area (Å²) in [6.07, 6.45) is 6.45. The predicted octanol–water partition coefficient (Wildman–Crippen LogP) is 3.21. The number of nitrogens with zero attached hydrogens (tertiary/aromatic N) is 3. The van der Waals surface area contributed by atoms with E-state index in [2.05, 4.69) is 24.0 Å². The molecule has 2 heterocycles. The van der Waals surface area contributed by atoms with Crippen molar-refractivity contribution in [2.75, 3.05) is 0 Å². The SMILES string of the molecule is CC(C)C1CCC(c2nc(Cn3ccccc3=O)no2)CC1. The van der Waals surface area contributed by atoms with Gasteiger partial charge < -0.3 is 9.09 Å². The van der Waals surface area contributed by atoms with E-state index in [-0.39, 0.29) is 5.56 Å². The molecule has 3 rings (SSSR count). The third kappa shape index (κ3) is 3.29. The zero-order valence-corrected chi connectivity index (χ0v) is 13.2. The molecule has 0 N–H and O–H groups in total. The number of hydrogen-bond donors (Lipinski definition) is 0. The van der Waals surface area contributed by atoms with E-state index in [1.807, 2.05) is 6.07 Å². The second-order valence-corrected chi connectivity index (χ2v) is 6.57. The zero-order valence-electron chi connectivity index (χ0n) is 13.2. The summed E-state index contributed by atoms with van der Waals surface area (Å²) in [5, 5.41) is 4.04. The minimum absolute atomic E-state index is 0.0497. The molecular weight excluding hydrogens is 278 g/mol. The molecule has 0 atom stereocenters. The van der Waals surface area contributed by atoms with Gasteiger partial charge in [0, 0.05) is 18.2 Å². The van der Waals surface area contributed by atoms with Gasteiger partial charge in [-0.3, -0.25) is 4.79 Å². The van der Waals surface area contributed by atoms with Crippen molar-refractivity contribution in [3.8, 4) is 0 Å². The molecule has 1 saturated carbocycles. The lowest BCUT2D eigenvalue weighted by Crippen LogP contribution is -2.19. The smallest absolute Gasteiger partial charge is 0.250 e. The van der Waals surface area contributed by atoms with Crippen LogP contribution in [0, 0.1) is 11.8 Å². The number of rotatable bonds is 4. The van der Waals surface area contributed by atoms with Crippen LogP contribution < -0.4 is 5.56 Å². The molecule has 22 heavy (non-hydrogen) atoms. The Hall–Kier alpha value is -1.91. The number of hydrogen-bond acceptors (Lipinski definition) is 4. The Morgan fingerprint density at radius 3 is 2.73 bits per heavy atom. The monoisotopic (exact) mass is 301 g/mol. The zero-order chi connectivity index (χ0) is 15.5. The third-order valence-corrected chi connectivity index (χ3v) is 4.76. The average Bonchev–Trinajstić information content (AvgIpc) is 2.98. The first-order valence-corrected chi connectivity index (χ1v) is 8.11. The summed E-state index contributed by atoms with van der Waals surface area (Å²) in [7, 11) is 0. The molecule has 0 bridgehead atoms. The largest absolute Gasteiger partial charge is 0.339 e. The van der Waals surface area contributed by atoms with E-state index >= 15 is 0 Å². The van der Waals surface area contributed by atoms with Crippen molar-refractivity contribution in [1.29, 1.82) is 0 Å². The molecule has 1 fully saturated rings. The molecule has 0 radical (unpaired) electrons. The van der Waals surface area contributed by atoms with Crippen molar-refractivity contribution in [3.63, 3.8) is 0 Å². The Labute approximate surface area is 130 Å². The average molecular weight is 301 g/mol. The van der Waals surface area contributed by atoms with Gasteiger partial charge in [0.2, 0.25) is 5.89 Å². The first-order chi connectivity index (χ1) is 10.6. The highest BCUT2D eigenvalue weighted by molar-refractivity contribution is 4.99. The molecule has 5 nitrogen and oxygen atoms in total. The Morgan fingerprint density at radius 1 is 1.27 bits per heavy atom. The first-order valence-electron chi connectivity index (χ1n) is 8.11. The van der Waals surface area contributed by atoms with Crippen LogP contribution in [0.5, 0.6) is 0 Å². The van der Waals surface area contributed by atoms with E-state index in [1.165, 1.54) is 18.9 Å². The van der Waals surface area contributed by atoms with Crippen LogP contribution in [0.25, 0.3) is 0 Å². The molecule has 0 aromatic carbocycles. The first kappa shape index (κ1) is 15.0. The third-order valence-electron chi connectivity index (χ3n) is 4.76. The van der Waals surface area contributed by atoms with Gasteiger partial charge in [0.25, 0.3) is 5.56 Å². The van der Waals surface area contributed by atoms with Crippen LogP contribution in [0.2, 0.25) is 0 Å². The van der Waals surface area contributed by atoms with Crippen molar-refractivity contribution in [2.45, 2.75) is 52.0 Å². The molecule has 0 aliphatic heterocycles. The molecule has 0 unspecified atom stereocenters. The lowest BCUT2D eigenvalue weighted by Gasteiger charge is -2.28. The molecule has 1 aliphatic carbocycles. The van der Waals surface area contributed by atoms with Crippen LogP contribution in [-0.4, -0.2) is 14.7 Å². The molecule has 118 valence electrons. The van der Waals surface area contributed by atoms with E-state index in [1.54, 1.807) is 16.8 Å². The highest BCUT2D eigenvalue weighted by Gasteiger charge is 2.27. The van der Waals surface area contributed by atoms with Crippen LogP contribution in [0.15, 0.2) is 33.7 Å². The fourth-order valence-corrected chi connectivity index (χ4v) is 3.27. The molecule has 2 aromatic rings. The molecule has 0 spiro atoms. The van der Waals surface area contributed by atoms with Gasteiger partial charge in [0.05, 0.1) is 6.54 Å². The summed E-state index contributed by atoms with van der Waals surface area (Å²) < 4.78 is 7.02. The van der Waals surface area contributed by atoms with Gasteiger partial charge in [0.1, 0.15) is 0 Å². The van der Waals surface area contributed by atoms with Crippen LogP contribution in [-0.2, 0) is 6.54 Å². The van der Waals surface area contributed by atoms with Crippen molar-refractivity contribution >= 4 is 0 Å². The van der Waals surface area contributed by atoms with Gasteiger partial charge in [-0.05, 0) is 43.6 Å². The Bertz CT molecular complexity index is 666. The van der Waals surface area contributed by atoms with Gasteiger partial charge in [-0.15, -0.1) is 0 Å². The van der Waals surface area contributed by atoms with E-state index in [0.717, 1.165) is 30.6 Å². The molecule has 0 amide bonds. The summed E-state index contributed by atoms with van der Waals surface area (Å²) >= 11 is 0.